The zero-order valence-electron chi connectivity index (χ0n) is 6.96. The van der Waals surface area contributed by atoms with Crippen molar-refractivity contribution in [3.05, 3.63) is 22.9 Å². The van der Waals surface area contributed by atoms with E-state index in [-0.39, 0.29) is 11.8 Å². The van der Waals surface area contributed by atoms with Crippen LogP contribution in [0.3, 0.4) is 0 Å². The number of pyridine rings is 1. The van der Waals surface area contributed by atoms with E-state index in [4.69, 9.17) is 0 Å². The molecule has 3 nitrogen and oxygen atoms in total. The van der Waals surface area contributed by atoms with Gasteiger partial charge >= 0.3 is 0 Å². The molecule has 1 amide bonds. The van der Waals surface area contributed by atoms with Crippen LogP contribution in [0.2, 0.25) is 0 Å². The van der Waals surface area contributed by atoms with E-state index in [2.05, 4.69) is 26.2 Å². The van der Waals surface area contributed by atoms with Crippen LogP contribution in [0.15, 0.2) is 22.9 Å². The average molecular weight is 241 g/mol. The Morgan fingerprint density at radius 2 is 2.31 bits per heavy atom. The Balaban J connectivity index is 2.00. The van der Waals surface area contributed by atoms with Crippen molar-refractivity contribution in [1.29, 1.82) is 0 Å². The minimum absolute atomic E-state index is 0.115. The van der Waals surface area contributed by atoms with Crippen molar-refractivity contribution in [2.24, 2.45) is 5.92 Å². The van der Waals surface area contributed by atoms with Gasteiger partial charge in [0.25, 0.3) is 0 Å². The molecule has 1 heterocycles. The Kier molecular flexibility index (Phi) is 2.31. The van der Waals surface area contributed by atoms with Crippen LogP contribution < -0.4 is 5.32 Å². The number of anilines is 1. The van der Waals surface area contributed by atoms with Gasteiger partial charge in [-0.1, -0.05) is 0 Å². The number of nitrogens with zero attached hydrogens (tertiary/aromatic N) is 1. The fourth-order valence-electron chi connectivity index (χ4n) is 1.04. The summed E-state index contributed by atoms with van der Waals surface area (Å²) in [5.41, 5.74) is 0.764. The minimum atomic E-state index is 0.115. The summed E-state index contributed by atoms with van der Waals surface area (Å²) in [7, 11) is 0. The average Bonchev–Trinajstić information content (AvgIpc) is 2.91. The van der Waals surface area contributed by atoms with E-state index in [1.165, 1.54) is 0 Å². The number of aromatic nitrogens is 1. The minimum Gasteiger partial charge on any atom is -0.324 e. The summed E-state index contributed by atoms with van der Waals surface area (Å²) >= 11 is 3.23. The van der Waals surface area contributed by atoms with Crippen LogP contribution in [0.25, 0.3) is 0 Å². The SMILES string of the molecule is O=C(Nc1ccc(Br)nc1)C1CC1. The summed E-state index contributed by atoms with van der Waals surface area (Å²) < 4.78 is 0.775. The summed E-state index contributed by atoms with van der Waals surface area (Å²) in [5.74, 6) is 0.354. The molecule has 68 valence electrons. The first-order valence-corrected chi connectivity index (χ1v) is 4.97. The maximum atomic E-state index is 11.3. The van der Waals surface area contributed by atoms with E-state index >= 15 is 0 Å². The number of halogens is 1. The quantitative estimate of drug-likeness (QED) is 0.806. The maximum absolute atomic E-state index is 11.3. The van der Waals surface area contributed by atoms with Crippen LogP contribution in [-0.4, -0.2) is 10.9 Å². The molecule has 0 unspecified atom stereocenters. The van der Waals surface area contributed by atoms with Crippen molar-refractivity contribution in [3.63, 3.8) is 0 Å². The van der Waals surface area contributed by atoms with Gasteiger partial charge in [0.15, 0.2) is 0 Å². The lowest BCUT2D eigenvalue weighted by molar-refractivity contribution is -0.117. The first-order valence-electron chi connectivity index (χ1n) is 4.18. The molecule has 1 saturated carbocycles. The lowest BCUT2D eigenvalue weighted by atomic mass is 10.3. The molecule has 2 rings (SSSR count). The van der Waals surface area contributed by atoms with Gasteiger partial charge in [-0.15, -0.1) is 0 Å². The third-order valence-electron chi connectivity index (χ3n) is 1.94. The number of carbonyl (C=O) groups excluding carboxylic acids is 1. The predicted molar refractivity (Wildman–Crippen MR) is 53.3 cm³/mol. The normalized spacial score (nSPS) is 15.5. The van der Waals surface area contributed by atoms with Gasteiger partial charge in [0.05, 0.1) is 11.9 Å². The van der Waals surface area contributed by atoms with Gasteiger partial charge in [-0.25, -0.2) is 4.98 Å². The monoisotopic (exact) mass is 240 g/mol. The van der Waals surface area contributed by atoms with E-state index in [1.807, 2.05) is 12.1 Å². The number of hydrogen-bond donors (Lipinski definition) is 1. The zero-order valence-corrected chi connectivity index (χ0v) is 8.54. The highest BCUT2D eigenvalue weighted by molar-refractivity contribution is 9.10. The summed E-state index contributed by atoms with van der Waals surface area (Å²) in [6.07, 6.45) is 3.69. The van der Waals surface area contributed by atoms with Gasteiger partial charge in [-0.2, -0.15) is 0 Å². The number of hydrogen-bond acceptors (Lipinski definition) is 2. The topological polar surface area (TPSA) is 42.0 Å². The van der Waals surface area contributed by atoms with Gasteiger partial charge in [0, 0.05) is 5.92 Å². The van der Waals surface area contributed by atoms with Crippen LogP contribution in [0.5, 0.6) is 0 Å². The molecule has 0 radical (unpaired) electrons. The van der Waals surface area contributed by atoms with Gasteiger partial charge in [-0.05, 0) is 40.9 Å². The third kappa shape index (κ3) is 2.28. The largest absolute Gasteiger partial charge is 0.324 e. The molecule has 0 bridgehead atoms. The molecule has 1 aliphatic carbocycles. The molecule has 0 spiro atoms. The molecule has 0 atom stereocenters. The second-order valence-electron chi connectivity index (χ2n) is 3.13. The van der Waals surface area contributed by atoms with Gasteiger partial charge in [0.2, 0.25) is 5.91 Å². The summed E-state index contributed by atoms with van der Waals surface area (Å²) in [6.45, 7) is 0. The first kappa shape index (κ1) is 8.69. The van der Waals surface area contributed by atoms with Crippen molar-refractivity contribution in [2.75, 3.05) is 5.32 Å². The molecule has 0 saturated heterocycles. The van der Waals surface area contributed by atoms with Crippen LogP contribution in [0.4, 0.5) is 5.69 Å². The summed E-state index contributed by atoms with van der Waals surface area (Å²) in [6, 6.07) is 3.64. The molecular formula is C9H9BrN2O. The number of nitrogens with one attached hydrogen (secondary N) is 1. The first-order chi connectivity index (χ1) is 6.25. The zero-order chi connectivity index (χ0) is 9.26. The highest BCUT2D eigenvalue weighted by Gasteiger charge is 2.29. The Morgan fingerprint density at radius 1 is 1.54 bits per heavy atom. The van der Waals surface area contributed by atoms with Crippen LogP contribution in [0.1, 0.15) is 12.8 Å². The van der Waals surface area contributed by atoms with Crippen molar-refractivity contribution in [1.82, 2.24) is 4.98 Å². The van der Waals surface area contributed by atoms with E-state index in [0.29, 0.717) is 0 Å². The molecule has 4 heteroatoms. The Labute approximate surface area is 84.7 Å². The highest BCUT2D eigenvalue weighted by Crippen LogP contribution is 2.30. The fraction of sp³-hybridized carbons (Fsp3) is 0.333. The number of carbonyl (C=O) groups is 1. The highest BCUT2D eigenvalue weighted by atomic mass is 79.9. The van der Waals surface area contributed by atoms with Crippen molar-refractivity contribution in [3.8, 4) is 0 Å². The van der Waals surface area contributed by atoms with E-state index in [9.17, 15) is 4.79 Å². The molecule has 0 aromatic carbocycles. The summed E-state index contributed by atoms with van der Waals surface area (Å²) in [4.78, 5) is 15.3. The Hall–Kier alpha value is -0.900. The molecule has 1 fully saturated rings. The molecule has 13 heavy (non-hydrogen) atoms. The summed E-state index contributed by atoms with van der Waals surface area (Å²) in [5, 5.41) is 2.81. The third-order valence-corrected chi connectivity index (χ3v) is 2.41. The molecular weight excluding hydrogens is 232 g/mol. The standard InChI is InChI=1S/C9H9BrN2O/c10-8-4-3-7(5-11-8)12-9(13)6-1-2-6/h3-6H,1-2H2,(H,12,13). The Bertz CT molecular complexity index is 319. The maximum Gasteiger partial charge on any atom is 0.227 e. The van der Waals surface area contributed by atoms with Crippen LogP contribution in [-0.2, 0) is 4.79 Å². The number of amides is 1. The molecule has 1 N–H and O–H groups in total. The van der Waals surface area contributed by atoms with Crippen molar-refractivity contribution < 1.29 is 4.79 Å². The molecule has 1 aromatic heterocycles. The van der Waals surface area contributed by atoms with E-state index in [1.54, 1.807) is 6.20 Å². The van der Waals surface area contributed by atoms with Crippen molar-refractivity contribution in [2.45, 2.75) is 12.8 Å². The second-order valence-corrected chi connectivity index (χ2v) is 3.95. The fourth-order valence-corrected chi connectivity index (χ4v) is 1.27. The second kappa shape index (κ2) is 3.46. The predicted octanol–water partition coefficient (Wildman–Crippen LogP) is 2.19. The van der Waals surface area contributed by atoms with Gasteiger partial charge in [-0.3, -0.25) is 4.79 Å². The number of rotatable bonds is 2. The smallest absolute Gasteiger partial charge is 0.227 e. The van der Waals surface area contributed by atoms with Gasteiger partial charge < -0.3 is 5.32 Å². The van der Waals surface area contributed by atoms with Crippen LogP contribution in [0, 0.1) is 5.92 Å². The molecule has 1 aromatic rings. The lowest BCUT2D eigenvalue weighted by Gasteiger charge is -2.02. The lowest BCUT2D eigenvalue weighted by Crippen LogP contribution is -2.13. The van der Waals surface area contributed by atoms with Crippen LogP contribution >= 0.6 is 15.9 Å². The Morgan fingerprint density at radius 3 is 2.85 bits per heavy atom. The molecule has 1 aliphatic rings. The van der Waals surface area contributed by atoms with Gasteiger partial charge in [0.1, 0.15) is 4.60 Å². The van der Waals surface area contributed by atoms with E-state index in [0.717, 1.165) is 23.1 Å². The van der Waals surface area contributed by atoms with Crippen molar-refractivity contribution >= 4 is 27.5 Å². The van der Waals surface area contributed by atoms with E-state index < -0.39 is 0 Å². The molecule has 0 aliphatic heterocycles.